The average molecular weight is 697 g/mol. The standard InChI is InChI=1S/C7H9NO.2CHF3O3S.5H3N.Os/c1-6(9)7-3-4-8(2)5-7;2*2-1(3,4)8(5,6)7;;;;;;/h3-5H,1-2H3;2*(H,5,6,7);5*1H3;/q;;;;;;;;+2/p-2. The molecular weight excluding hydrogens is 672 g/mol. The molecule has 0 saturated carbocycles. The Hall–Kier alpha value is -1.21. The number of ketones is 1. The molecule has 194 valence electrons. The topological polar surface area (TPSA) is 311 Å². The van der Waals surface area contributed by atoms with Gasteiger partial charge in [0.25, 0.3) is 0 Å². The molecule has 0 unspecified atom stereocenters. The maximum absolute atomic E-state index is 10.7. The van der Waals surface area contributed by atoms with Crippen LogP contribution in [-0.2, 0) is 47.1 Å². The van der Waals surface area contributed by atoms with Crippen molar-refractivity contribution in [2.24, 2.45) is 7.05 Å². The first kappa shape index (κ1) is 52.0. The fourth-order valence-corrected chi connectivity index (χ4v) is 0.712. The number of alkyl halides is 6. The van der Waals surface area contributed by atoms with Gasteiger partial charge in [-0.05, 0) is 13.0 Å². The van der Waals surface area contributed by atoms with Crippen molar-refractivity contribution in [3.63, 3.8) is 0 Å². The van der Waals surface area contributed by atoms with Gasteiger partial charge in [-0.15, -0.1) is 0 Å². The molecule has 13 nitrogen and oxygen atoms in total. The first-order valence-electron chi connectivity index (χ1n) is 5.37. The molecule has 0 aromatic carbocycles. The molecule has 31 heavy (non-hydrogen) atoms. The summed E-state index contributed by atoms with van der Waals surface area (Å²) in [5.74, 6) is 0.121. The van der Waals surface area contributed by atoms with Crippen molar-refractivity contribution in [2.75, 3.05) is 0 Å². The van der Waals surface area contributed by atoms with Crippen LogP contribution in [-0.4, -0.2) is 47.3 Å². The van der Waals surface area contributed by atoms with Gasteiger partial charge >= 0.3 is 30.8 Å². The second kappa shape index (κ2) is 18.4. The molecular formula is C9H24F6N6O7OsS2. The molecule has 1 rings (SSSR count). The summed E-state index contributed by atoms with van der Waals surface area (Å²) in [6.07, 6.45) is 3.67. The predicted molar refractivity (Wildman–Crippen MR) is 92.0 cm³/mol. The van der Waals surface area contributed by atoms with E-state index in [9.17, 15) is 31.1 Å². The van der Waals surface area contributed by atoms with E-state index in [1.165, 1.54) is 0 Å². The van der Waals surface area contributed by atoms with Gasteiger partial charge in [-0.2, -0.15) is 26.3 Å². The van der Waals surface area contributed by atoms with E-state index in [2.05, 4.69) is 0 Å². The second-order valence-corrected chi connectivity index (χ2v) is 6.66. The minimum Gasteiger partial charge on any atom is -0.741 e. The van der Waals surface area contributed by atoms with Crippen molar-refractivity contribution in [3.05, 3.63) is 24.0 Å². The van der Waals surface area contributed by atoms with Crippen LogP contribution in [0.5, 0.6) is 0 Å². The molecule has 0 aliphatic heterocycles. The van der Waals surface area contributed by atoms with Crippen molar-refractivity contribution < 1.29 is 76.9 Å². The van der Waals surface area contributed by atoms with Gasteiger partial charge in [-0.25, -0.2) is 16.8 Å². The Morgan fingerprint density at radius 1 is 0.839 bits per heavy atom. The van der Waals surface area contributed by atoms with Crippen LogP contribution in [0, 0.1) is 0 Å². The second-order valence-electron chi connectivity index (χ2n) is 3.92. The van der Waals surface area contributed by atoms with Crippen LogP contribution in [0.15, 0.2) is 18.5 Å². The number of hydrogen-bond acceptors (Lipinski definition) is 12. The third kappa shape index (κ3) is 23.3. The molecule has 15 N–H and O–H groups in total. The van der Waals surface area contributed by atoms with Crippen molar-refractivity contribution in [3.8, 4) is 0 Å². The number of Topliss-reactive ketones (excluding diaryl/α,β-unsaturated/α-hetero) is 1. The van der Waals surface area contributed by atoms with Crippen LogP contribution in [0.4, 0.5) is 26.3 Å². The Kier molecular flexibility index (Phi) is 30.8. The number of carbonyl (C=O) groups excluding carboxylic acids is 1. The van der Waals surface area contributed by atoms with Crippen LogP contribution >= 0.6 is 0 Å². The number of hydrogen-bond donors (Lipinski definition) is 5. The molecule has 0 spiro atoms. The first-order chi connectivity index (χ1) is 10.7. The zero-order valence-corrected chi connectivity index (χ0v) is 20.2. The van der Waals surface area contributed by atoms with Gasteiger partial charge in [0.2, 0.25) is 0 Å². The van der Waals surface area contributed by atoms with Gasteiger partial charge in [0.05, 0.1) is 0 Å². The van der Waals surface area contributed by atoms with E-state index in [1.807, 2.05) is 30.1 Å². The number of halogens is 6. The van der Waals surface area contributed by atoms with Crippen LogP contribution in [0.2, 0.25) is 0 Å². The molecule has 0 saturated heterocycles. The summed E-state index contributed by atoms with van der Waals surface area (Å²) in [6, 6.07) is 1.81. The number of aromatic nitrogens is 1. The Bertz CT molecular complexity index is 756. The van der Waals surface area contributed by atoms with Gasteiger partial charge in [0, 0.05) is 25.0 Å². The van der Waals surface area contributed by atoms with Crippen LogP contribution in [0.25, 0.3) is 0 Å². The Balaban J connectivity index is -0.0000000390. The van der Waals surface area contributed by atoms with E-state index in [1.54, 1.807) is 6.92 Å². The van der Waals surface area contributed by atoms with Gasteiger partial charge in [0.15, 0.2) is 26.0 Å². The van der Waals surface area contributed by atoms with Gasteiger partial charge in [0.1, 0.15) is 0 Å². The summed E-state index contributed by atoms with van der Waals surface area (Å²) >= 11 is 0. The molecule has 0 bridgehead atoms. The van der Waals surface area contributed by atoms with Crippen LogP contribution in [0.1, 0.15) is 17.3 Å². The largest absolute Gasteiger partial charge is 2.00 e. The summed E-state index contributed by atoms with van der Waals surface area (Å²) in [7, 11) is -10.3. The summed E-state index contributed by atoms with van der Waals surface area (Å²) in [6.45, 7) is 1.56. The van der Waals surface area contributed by atoms with Crippen molar-refractivity contribution in [1.29, 1.82) is 0 Å². The molecule has 22 heteroatoms. The number of carbonyl (C=O) groups is 1. The molecule has 0 fully saturated rings. The molecule has 0 aliphatic rings. The molecule has 1 heterocycles. The Labute approximate surface area is 187 Å². The minimum atomic E-state index is -6.09. The quantitative estimate of drug-likeness (QED) is 0.122. The van der Waals surface area contributed by atoms with Crippen molar-refractivity contribution in [1.82, 2.24) is 35.3 Å². The fourth-order valence-electron chi connectivity index (χ4n) is 0.712. The normalized spacial score (nSPS) is 10.0. The molecule has 0 amide bonds. The fraction of sp³-hybridized carbons (Fsp3) is 0.444. The predicted octanol–water partition coefficient (Wildman–Crippen LogP) is 2.14. The number of rotatable bonds is 1. The maximum Gasteiger partial charge on any atom is 2.00 e. The zero-order chi connectivity index (χ0) is 20.9. The van der Waals surface area contributed by atoms with Crippen molar-refractivity contribution >= 4 is 26.0 Å². The van der Waals surface area contributed by atoms with Crippen LogP contribution < -0.4 is 30.8 Å². The van der Waals surface area contributed by atoms with E-state index in [0.29, 0.717) is 0 Å². The molecule has 1 aromatic heterocycles. The first-order valence-corrected chi connectivity index (χ1v) is 8.19. The van der Waals surface area contributed by atoms with Gasteiger partial charge in [-0.1, -0.05) is 0 Å². The van der Waals surface area contributed by atoms with Gasteiger partial charge in [-0.3, -0.25) is 4.79 Å². The third-order valence-corrected chi connectivity index (χ3v) is 2.94. The van der Waals surface area contributed by atoms with Crippen molar-refractivity contribution in [2.45, 2.75) is 17.9 Å². The Morgan fingerprint density at radius 2 is 1.06 bits per heavy atom. The van der Waals surface area contributed by atoms with E-state index in [0.717, 1.165) is 5.56 Å². The monoisotopic (exact) mass is 698 g/mol. The summed E-state index contributed by atoms with van der Waals surface area (Å²) < 4.78 is 120. The van der Waals surface area contributed by atoms with E-state index in [-0.39, 0.29) is 56.3 Å². The number of aryl methyl sites for hydroxylation is 1. The van der Waals surface area contributed by atoms with Gasteiger partial charge < -0.3 is 44.4 Å². The zero-order valence-electron chi connectivity index (χ0n) is 16.0. The third-order valence-electron chi connectivity index (χ3n) is 1.81. The number of nitrogens with zero attached hydrogens (tertiary/aromatic N) is 1. The van der Waals surface area contributed by atoms with E-state index >= 15 is 0 Å². The summed E-state index contributed by atoms with van der Waals surface area (Å²) in [5, 5.41) is 0. The van der Waals surface area contributed by atoms with Crippen LogP contribution in [0.3, 0.4) is 0 Å². The summed E-state index contributed by atoms with van der Waals surface area (Å²) in [4.78, 5) is 10.6. The SMILES string of the molecule is CC(=O)c1ccn(C)c1.N.N.N.N.N.O=S(=O)([O-])C(F)(F)F.O=S(=O)([O-])C(F)(F)F.[Os+2]. The maximum atomic E-state index is 10.7. The summed E-state index contributed by atoms with van der Waals surface area (Å²) in [5.41, 5.74) is -10.5. The molecule has 0 atom stereocenters. The Morgan fingerprint density at radius 3 is 1.13 bits per heavy atom. The molecule has 1 aromatic rings. The smallest absolute Gasteiger partial charge is 0.741 e. The van der Waals surface area contributed by atoms with E-state index in [4.69, 9.17) is 25.9 Å². The van der Waals surface area contributed by atoms with E-state index < -0.39 is 31.3 Å². The average Bonchev–Trinajstić information content (AvgIpc) is 2.72. The molecule has 0 radical (unpaired) electrons. The molecule has 0 aliphatic carbocycles. The minimum absolute atomic E-state index is 0.